The SMILES string of the molecule is CC(C)OCCOCCOCCN1CCN(C(C)C)CC1. The number of hydrogen-bond donors (Lipinski definition) is 0. The van der Waals surface area contributed by atoms with Crippen molar-refractivity contribution in [2.24, 2.45) is 0 Å². The number of hydrogen-bond acceptors (Lipinski definition) is 5. The third-order valence-corrected chi connectivity index (χ3v) is 3.74. The van der Waals surface area contributed by atoms with Gasteiger partial charge in [0.15, 0.2) is 0 Å². The Morgan fingerprint density at radius 2 is 1.33 bits per heavy atom. The summed E-state index contributed by atoms with van der Waals surface area (Å²) >= 11 is 0. The van der Waals surface area contributed by atoms with E-state index in [9.17, 15) is 0 Å². The zero-order valence-electron chi connectivity index (χ0n) is 14.3. The Morgan fingerprint density at radius 3 is 1.90 bits per heavy atom. The molecule has 5 heteroatoms. The van der Waals surface area contributed by atoms with Gasteiger partial charge in [0, 0.05) is 38.8 Å². The predicted octanol–water partition coefficient (Wildman–Crippen LogP) is 1.47. The molecule has 0 aromatic carbocycles. The van der Waals surface area contributed by atoms with Crippen LogP contribution < -0.4 is 0 Å². The molecule has 0 bridgehead atoms. The van der Waals surface area contributed by atoms with E-state index in [-0.39, 0.29) is 6.10 Å². The van der Waals surface area contributed by atoms with E-state index in [0.717, 1.165) is 26.2 Å². The van der Waals surface area contributed by atoms with E-state index < -0.39 is 0 Å². The van der Waals surface area contributed by atoms with Gasteiger partial charge in [-0.15, -0.1) is 0 Å². The highest BCUT2D eigenvalue weighted by molar-refractivity contribution is 4.73. The van der Waals surface area contributed by atoms with E-state index in [1.54, 1.807) is 0 Å². The molecule has 0 N–H and O–H groups in total. The molecule has 0 aromatic rings. The van der Waals surface area contributed by atoms with Crippen molar-refractivity contribution < 1.29 is 14.2 Å². The van der Waals surface area contributed by atoms with Crippen molar-refractivity contribution in [3.05, 3.63) is 0 Å². The van der Waals surface area contributed by atoms with Crippen LogP contribution in [0, 0.1) is 0 Å². The third-order valence-electron chi connectivity index (χ3n) is 3.74. The molecule has 0 aliphatic carbocycles. The van der Waals surface area contributed by atoms with Gasteiger partial charge in [-0.2, -0.15) is 0 Å². The van der Waals surface area contributed by atoms with Crippen LogP contribution in [0.4, 0.5) is 0 Å². The largest absolute Gasteiger partial charge is 0.378 e. The first-order valence-corrected chi connectivity index (χ1v) is 8.33. The fourth-order valence-corrected chi connectivity index (χ4v) is 2.36. The van der Waals surface area contributed by atoms with Gasteiger partial charge in [-0.05, 0) is 27.7 Å². The van der Waals surface area contributed by atoms with Crippen LogP contribution in [0.5, 0.6) is 0 Å². The van der Waals surface area contributed by atoms with Crippen LogP contribution in [0.1, 0.15) is 27.7 Å². The van der Waals surface area contributed by atoms with Gasteiger partial charge < -0.3 is 14.2 Å². The Morgan fingerprint density at radius 1 is 0.762 bits per heavy atom. The maximum absolute atomic E-state index is 5.62. The third kappa shape index (κ3) is 9.42. The molecule has 1 heterocycles. The van der Waals surface area contributed by atoms with Crippen LogP contribution in [-0.4, -0.2) is 87.7 Å². The van der Waals surface area contributed by atoms with Gasteiger partial charge in [-0.25, -0.2) is 0 Å². The van der Waals surface area contributed by atoms with Crippen LogP contribution in [0.15, 0.2) is 0 Å². The Balaban J connectivity index is 1.85. The quantitative estimate of drug-likeness (QED) is 0.540. The molecular weight excluding hydrogens is 268 g/mol. The summed E-state index contributed by atoms with van der Waals surface area (Å²) in [5.41, 5.74) is 0. The topological polar surface area (TPSA) is 34.2 Å². The van der Waals surface area contributed by atoms with E-state index in [0.29, 0.717) is 32.5 Å². The molecule has 0 saturated carbocycles. The monoisotopic (exact) mass is 302 g/mol. The summed E-state index contributed by atoms with van der Waals surface area (Å²) in [6, 6.07) is 0.667. The molecule has 5 nitrogen and oxygen atoms in total. The average molecular weight is 302 g/mol. The predicted molar refractivity (Wildman–Crippen MR) is 85.9 cm³/mol. The highest BCUT2D eigenvalue weighted by Gasteiger charge is 2.17. The fraction of sp³-hybridized carbons (Fsp3) is 1.00. The first-order chi connectivity index (χ1) is 10.1. The van der Waals surface area contributed by atoms with E-state index in [2.05, 4.69) is 23.6 Å². The van der Waals surface area contributed by atoms with Crippen molar-refractivity contribution in [2.75, 3.05) is 65.8 Å². The molecule has 0 amide bonds. The van der Waals surface area contributed by atoms with Crippen molar-refractivity contribution in [1.29, 1.82) is 0 Å². The Bertz CT molecular complexity index is 242. The lowest BCUT2D eigenvalue weighted by Gasteiger charge is -2.36. The van der Waals surface area contributed by atoms with Crippen LogP contribution in [-0.2, 0) is 14.2 Å². The normalized spacial score (nSPS) is 18.0. The average Bonchev–Trinajstić information content (AvgIpc) is 2.45. The minimum Gasteiger partial charge on any atom is -0.378 e. The molecule has 0 spiro atoms. The number of ether oxygens (including phenoxy) is 3. The van der Waals surface area contributed by atoms with E-state index in [4.69, 9.17) is 14.2 Å². The van der Waals surface area contributed by atoms with Crippen LogP contribution in [0.25, 0.3) is 0 Å². The second kappa shape index (κ2) is 11.4. The van der Waals surface area contributed by atoms with E-state index in [1.165, 1.54) is 13.1 Å². The molecular formula is C16H34N2O3. The fourth-order valence-electron chi connectivity index (χ4n) is 2.36. The molecule has 126 valence electrons. The summed E-state index contributed by atoms with van der Waals surface area (Å²) in [6.07, 6.45) is 0.279. The first kappa shape index (κ1) is 18.8. The lowest BCUT2D eigenvalue weighted by molar-refractivity contribution is -0.00569. The molecule has 0 aromatic heterocycles. The summed E-state index contributed by atoms with van der Waals surface area (Å²) < 4.78 is 16.5. The Kier molecular flexibility index (Phi) is 10.2. The number of nitrogens with zero attached hydrogens (tertiary/aromatic N) is 2. The maximum atomic E-state index is 5.62. The van der Waals surface area contributed by atoms with Gasteiger partial charge in [0.1, 0.15) is 0 Å². The Hall–Kier alpha value is -0.200. The highest BCUT2D eigenvalue weighted by Crippen LogP contribution is 2.05. The standard InChI is InChI=1S/C16H34N2O3/c1-15(2)18-7-5-17(6-8-18)9-10-19-11-12-20-13-14-21-16(3)4/h15-16H,5-14H2,1-4H3. The second-order valence-electron chi connectivity index (χ2n) is 6.12. The van der Waals surface area contributed by atoms with Crippen LogP contribution in [0.2, 0.25) is 0 Å². The van der Waals surface area contributed by atoms with Crippen molar-refractivity contribution in [3.63, 3.8) is 0 Å². The van der Waals surface area contributed by atoms with Crippen molar-refractivity contribution in [3.8, 4) is 0 Å². The maximum Gasteiger partial charge on any atom is 0.0703 e. The molecule has 1 aliphatic rings. The summed E-state index contributed by atoms with van der Waals surface area (Å²) in [5, 5.41) is 0. The number of piperazine rings is 1. The minimum absolute atomic E-state index is 0.279. The summed E-state index contributed by atoms with van der Waals surface area (Å²) in [7, 11) is 0. The van der Waals surface area contributed by atoms with Crippen molar-refractivity contribution in [1.82, 2.24) is 9.80 Å². The van der Waals surface area contributed by atoms with Crippen LogP contribution >= 0.6 is 0 Å². The van der Waals surface area contributed by atoms with Gasteiger partial charge in [-0.3, -0.25) is 9.80 Å². The zero-order chi connectivity index (χ0) is 15.5. The minimum atomic E-state index is 0.279. The van der Waals surface area contributed by atoms with Gasteiger partial charge in [0.05, 0.1) is 39.1 Å². The molecule has 21 heavy (non-hydrogen) atoms. The molecule has 0 atom stereocenters. The number of rotatable bonds is 11. The molecule has 1 fully saturated rings. The zero-order valence-corrected chi connectivity index (χ0v) is 14.3. The van der Waals surface area contributed by atoms with Gasteiger partial charge in [0.2, 0.25) is 0 Å². The molecule has 1 aliphatic heterocycles. The van der Waals surface area contributed by atoms with Gasteiger partial charge in [0.25, 0.3) is 0 Å². The smallest absolute Gasteiger partial charge is 0.0703 e. The second-order valence-corrected chi connectivity index (χ2v) is 6.12. The first-order valence-electron chi connectivity index (χ1n) is 8.33. The molecule has 1 saturated heterocycles. The Labute approximate surface area is 130 Å². The lowest BCUT2D eigenvalue weighted by atomic mass is 10.2. The lowest BCUT2D eigenvalue weighted by Crippen LogP contribution is -2.49. The van der Waals surface area contributed by atoms with Crippen molar-refractivity contribution >= 4 is 0 Å². The summed E-state index contributed by atoms with van der Waals surface area (Å²) in [5.74, 6) is 0. The summed E-state index contributed by atoms with van der Waals surface area (Å²) in [4.78, 5) is 5.01. The molecule has 1 rings (SSSR count). The van der Waals surface area contributed by atoms with Crippen molar-refractivity contribution in [2.45, 2.75) is 39.8 Å². The van der Waals surface area contributed by atoms with E-state index >= 15 is 0 Å². The van der Waals surface area contributed by atoms with Gasteiger partial charge in [-0.1, -0.05) is 0 Å². The summed E-state index contributed by atoms with van der Waals surface area (Å²) in [6.45, 7) is 17.7. The molecule has 0 radical (unpaired) electrons. The van der Waals surface area contributed by atoms with Gasteiger partial charge >= 0.3 is 0 Å². The van der Waals surface area contributed by atoms with E-state index in [1.807, 2.05) is 13.8 Å². The van der Waals surface area contributed by atoms with Crippen LogP contribution in [0.3, 0.4) is 0 Å². The molecule has 0 unspecified atom stereocenters. The highest BCUT2D eigenvalue weighted by atomic mass is 16.5.